The molecule has 1 N–H and O–H groups in total. The maximum absolute atomic E-state index is 11.4. The first-order chi connectivity index (χ1) is 9.26. The molecule has 0 aliphatic carbocycles. The van der Waals surface area contributed by atoms with E-state index in [4.69, 9.17) is 9.47 Å². The number of hydrogen-bond acceptors (Lipinski definition) is 4. The molecular formula is C15H21NO3. The van der Waals surface area contributed by atoms with E-state index < -0.39 is 0 Å². The highest BCUT2D eigenvalue weighted by atomic mass is 16.5. The van der Waals surface area contributed by atoms with Crippen LogP contribution in [0.3, 0.4) is 0 Å². The Morgan fingerprint density at radius 3 is 2.95 bits per heavy atom. The summed E-state index contributed by atoms with van der Waals surface area (Å²) in [5, 5.41) is 3.16. The van der Waals surface area contributed by atoms with Crippen LogP contribution in [0.5, 0.6) is 5.75 Å². The lowest BCUT2D eigenvalue weighted by molar-refractivity contribution is -0.137. The highest BCUT2D eigenvalue weighted by molar-refractivity contribution is 5.87. The molecule has 0 bridgehead atoms. The Balaban J connectivity index is 2.32. The molecule has 4 heteroatoms. The van der Waals surface area contributed by atoms with Crippen molar-refractivity contribution < 1.29 is 14.3 Å². The largest absolute Gasteiger partial charge is 0.497 e. The van der Waals surface area contributed by atoms with E-state index in [1.807, 2.05) is 24.3 Å². The van der Waals surface area contributed by atoms with Gasteiger partial charge in [-0.15, -0.1) is 0 Å². The van der Waals surface area contributed by atoms with E-state index in [9.17, 15) is 4.79 Å². The molecule has 0 aliphatic heterocycles. The maximum Gasteiger partial charge on any atom is 0.330 e. The average molecular weight is 263 g/mol. The topological polar surface area (TPSA) is 47.6 Å². The van der Waals surface area contributed by atoms with Gasteiger partial charge in [-0.05, 0) is 36.7 Å². The third-order valence-corrected chi connectivity index (χ3v) is 2.46. The van der Waals surface area contributed by atoms with Crippen LogP contribution in [0, 0.1) is 0 Å². The van der Waals surface area contributed by atoms with Crippen molar-refractivity contribution in [2.24, 2.45) is 0 Å². The minimum atomic E-state index is -0.332. The van der Waals surface area contributed by atoms with Gasteiger partial charge in [0.15, 0.2) is 0 Å². The molecular weight excluding hydrogens is 242 g/mol. The van der Waals surface area contributed by atoms with Crippen molar-refractivity contribution in [2.75, 3.05) is 26.8 Å². The van der Waals surface area contributed by atoms with Crippen molar-refractivity contribution in [1.82, 2.24) is 5.32 Å². The zero-order chi connectivity index (χ0) is 13.9. The Labute approximate surface area is 114 Å². The number of nitrogens with one attached hydrogen (secondary N) is 1. The third kappa shape index (κ3) is 6.62. The van der Waals surface area contributed by atoms with E-state index in [2.05, 4.69) is 12.2 Å². The van der Waals surface area contributed by atoms with Gasteiger partial charge in [0.1, 0.15) is 12.4 Å². The zero-order valence-electron chi connectivity index (χ0n) is 11.5. The van der Waals surface area contributed by atoms with E-state index >= 15 is 0 Å². The quantitative estimate of drug-likeness (QED) is 0.444. The molecule has 0 aliphatic rings. The minimum absolute atomic E-state index is 0.332. The molecule has 4 nitrogen and oxygen atoms in total. The fourth-order valence-electron chi connectivity index (χ4n) is 1.48. The molecule has 1 aromatic carbocycles. The van der Waals surface area contributed by atoms with E-state index in [1.165, 1.54) is 6.08 Å². The normalized spacial score (nSPS) is 10.6. The second-order valence-corrected chi connectivity index (χ2v) is 4.03. The number of ether oxygens (including phenoxy) is 2. The second kappa shape index (κ2) is 9.16. The first kappa shape index (κ1) is 15.2. The van der Waals surface area contributed by atoms with Crippen LogP contribution in [0.25, 0.3) is 6.08 Å². The molecule has 0 radical (unpaired) electrons. The lowest BCUT2D eigenvalue weighted by atomic mass is 10.2. The summed E-state index contributed by atoms with van der Waals surface area (Å²) >= 11 is 0. The first-order valence-electron chi connectivity index (χ1n) is 6.46. The summed E-state index contributed by atoms with van der Waals surface area (Å²) in [6, 6.07) is 7.48. The van der Waals surface area contributed by atoms with Crippen LogP contribution < -0.4 is 10.1 Å². The van der Waals surface area contributed by atoms with Gasteiger partial charge in [0.2, 0.25) is 0 Å². The second-order valence-electron chi connectivity index (χ2n) is 4.03. The fraction of sp³-hybridized carbons (Fsp3) is 0.400. The average Bonchev–Trinajstić information content (AvgIpc) is 2.45. The Kier molecular flexibility index (Phi) is 7.35. The van der Waals surface area contributed by atoms with Crippen molar-refractivity contribution in [2.45, 2.75) is 13.3 Å². The SMILES string of the molecule is CCCNCCOC(=O)/C=C/c1cccc(OC)c1. The van der Waals surface area contributed by atoms with Crippen LogP contribution in [0.4, 0.5) is 0 Å². The summed E-state index contributed by atoms with van der Waals surface area (Å²) in [6.07, 6.45) is 4.21. The summed E-state index contributed by atoms with van der Waals surface area (Å²) in [5.74, 6) is 0.431. The Hall–Kier alpha value is -1.81. The molecule has 0 spiro atoms. The highest BCUT2D eigenvalue weighted by Gasteiger charge is 1.97. The molecule has 19 heavy (non-hydrogen) atoms. The number of carbonyl (C=O) groups excluding carboxylic acids is 1. The Morgan fingerprint density at radius 1 is 1.37 bits per heavy atom. The number of benzene rings is 1. The molecule has 1 aromatic rings. The molecule has 0 atom stereocenters. The van der Waals surface area contributed by atoms with Gasteiger partial charge in [-0.25, -0.2) is 4.79 Å². The van der Waals surface area contributed by atoms with Crippen LogP contribution >= 0.6 is 0 Å². The van der Waals surface area contributed by atoms with Crippen molar-refractivity contribution >= 4 is 12.0 Å². The molecule has 0 fully saturated rings. The van der Waals surface area contributed by atoms with Crippen LogP contribution in [0.2, 0.25) is 0 Å². The van der Waals surface area contributed by atoms with Crippen LogP contribution in [0.15, 0.2) is 30.3 Å². The number of esters is 1. The summed E-state index contributed by atoms with van der Waals surface area (Å²) < 4.78 is 10.2. The number of hydrogen-bond donors (Lipinski definition) is 1. The Bertz CT molecular complexity index is 416. The van der Waals surface area contributed by atoms with Crippen LogP contribution in [-0.4, -0.2) is 32.8 Å². The number of methoxy groups -OCH3 is 1. The monoisotopic (exact) mass is 263 g/mol. The van der Waals surface area contributed by atoms with Gasteiger partial charge in [0.25, 0.3) is 0 Å². The van der Waals surface area contributed by atoms with Gasteiger partial charge >= 0.3 is 5.97 Å². The van der Waals surface area contributed by atoms with Crippen molar-refractivity contribution in [3.8, 4) is 5.75 Å². The standard InChI is InChI=1S/C15H21NO3/c1-3-9-16-10-11-19-15(17)8-7-13-5-4-6-14(12-13)18-2/h4-8,12,16H,3,9-11H2,1-2H3/b8-7+. The van der Waals surface area contributed by atoms with Crippen molar-refractivity contribution in [1.29, 1.82) is 0 Å². The van der Waals surface area contributed by atoms with Crippen molar-refractivity contribution in [3.63, 3.8) is 0 Å². The molecule has 0 aromatic heterocycles. The van der Waals surface area contributed by atoms with E-state index in [0.29, 0.717) is 13.2 Å². The lowest BCUT2D eigenvalue weighted by Gasteiger charge is -2.03. The summed E-state index contributed by atoms with van der Waals surface area (Å²) in [6.45, 7) is 4.11. The summed E-state index contributed by atoms with van der Waals surface area (Å²) in [5.41, 5.74) is 0.903. The predicted octanol–water partition coefficient (Wildman–Crippen LogP) is 2.25. The highest BCUT2D eigenvalue weighted by Crippen LogP contribution is 2.13. The number of carbonyl (C=O) groups is 1. The van der Waals surface area contributed by atoms with Gasteiger partial charge in [-0.1, -0.05) is 19.1 Å². The molecule has 0 saturated carbocycles. The van der Waals surface area contributed by atoms with Gasteiger partial charge in [0.05, 0.1) is 7.11 Å². The fourth-order valence-corrected chi connectivity index (χ4v) is 1.48. The van der Waals surface area contributed by atoms with E-state index in [1.54, 1.807) is 13.2 Å². The molecule has 104 valence electrons. The maximum atomic E-state index is 11.4. The zero-order valence-corrected chi connectivity index (χ0v) is 11.5. The predicted molar refractivity (Wildman–Crippen MR) is 76.1 cm³/mol. The summed E-state index contributed by atoms with van der Waals surface area (Å²) in [4.78, 5) is 11.4. The van der Waals surface area contributed by atoms with Crippen LogP contribution in [0.1, 0.15) is 18.9 Å². The van der Waals surface area contributed by atoms with Gasteiger partial charge in [-0.2, -0.15) is 0 Å². The van der Waals surface area contributed by atoms with Gasteiger partial charge in [-0.3, -0.25) is 0 Å². The molecule has 1 rings (SSSR count). The van der Waals surface area contributed by atoms with E-state index in [0.717, 1.165) is 24.3 Å². The molecule has 0 saturated heterocycles. The van der Waals surface area contributed by atoms with Gasteiger partial charge < -0.3 is 14.8 Å². The van der Waals surface area contributed by atoms with E-state index in [-0.39, 0.29) is 5.97 Å². The molecule has 0 heterocycles. The number of rotatable bonds is 8. The lowest BCUT2D eigenvalue weighted by Crippen LogP contribution is -2.21. The smallest absolute Gasteiger partial charge is 0.330 e. The summed E-state index contributed by atoms with van der Waals surface area (Å²) in [7, 11) is 1.61. The third-order valence-electron chi connectivity index (χ3n) is 2.46. The molecule has 0 unspecified atom stereocenters. The van der Waals surface area contributed by atoms with Crippen molar-refractivity contribution in [3.05, 3.63) is 35.9 Å². The van der Waals surface area contributed by atoms with Crippen LogP contribution in [-0.2, 0) is 9.53 Å². The molecule has 0 amide bonds. The first-order valence-corrected chi connectivity index (χ1v) is 6.46. The van der Waals surface area contributed by atoms with Gasteiger partial charge in [0, 0.05) is 12.6 Å². The minimum Gasteiger partial charge on any atom is -0.497 e. The Morgan fingerprint density at radius 2 is 2.21 bits per heavy atom.